The first-order valence-corrected chi connectivity index (χ1v) is 9.15. The molecule has 6 rings (SSSR count). The van der Waals surface area contributed by atoms with Crippen molar-refractivity contribution in [2.45, 2.75) is 50.6 Å². The van der Waals surface area contributed by atoms with E-state index in [4.69, 9.17) is 4.42 Å². The zero-order chi connectivity index (χ0) is 15.3. The van der Waals surface area contributed by atoms with E-state index in [0.717, 1.165) is 29.9 Å². The van der Waals surface area contributed by atoms with Gasteiger partial charge in [0, 0.05) is 17.6 Å². The van der Waals surface area contributed by atoms with Crippen molar-refractivity contribution in [3.63, 3.8) is 0 Å². The molecule has 4 aliphatic carbocycles. The maximum Gasteiger partial charge on any atom is 0.0980 e. The van der Waals surface area contributed by atoms with Crippen LogP contribution in [0.5, 0.6) is 0 Å². The molecule has 0 saturated heterocycles. The summed E-state index contributed by atoms with van der Waals surface area (Å²) < 4.78 is 5.17. The van der Waals surface area contributed by atoms with Crippen LogP contribution in [-0.4, -0.2) is 5.54 Å². The number of furan rings is 1. The molecule has 0 atom stereocenters. The van der Waals surface area contributed by atoms with Crippen LogP contribution in [0.1, 0.15) is 44.1 Å². The minimum Gasteiger partial charge on any atom is -0.472 e. The van der Waals surface area contributed by atoms with Gasteiger partial charge in [-0.1, -0.05) is 24.3 Å². The van der Waals surface area contributed by atoms with Gasteiger partial charge in [0.15, 0.2) is 0 Å². The molecule has 4 saturated carbocycles. The monoisotopic (exact) mass is 307 g/mol. The molecule has 23 heavy (non-hydrogen) atoms. The zero-order valence-corrected chi connectivity index (χ0v) is 13.6. The molecule has 4 aliphatic rings. The van der Waals surface area contributed by atoms with Crippen LogP contribution >= 0.6 is 0 Å². The number of benzene rings is 1. The second-order valence-corrected chi connectivity index (χ2v) is 8.26. The maximum atomic E-state index is 5.17. The van der Waals surface area contributed by atoms with Crippen LogP contribution < -0.4 is 5.32 Å². The highest BCUT2D eigenvalue weighted by atomic mass is 16.3. The van der Waals surface area contributed by atoms with E-state index in [-0.39, 0.29) is 0 Å². The van der Waals surface area contributed by atoms with Crippen molar-refractivity contribution < 1.29 is 4.42 Å². The Balaban J connectivity index is 1.28. The minimum atomic E-state index is 0.456. The Bertz CT molecular complexity index is 635. The largest absolute Gasteiger partial charge is 0.472 e. The van der Waals surface area contributed by atoms with E-state index < -0.39 is 0 Å². The first-order valence-electron chi connectivity index (χ1n) is 9.15. The average Bonchev–Trinajstić information content (AvgIpc) is 3.07. The maximum absolute atomic E-state index is 5.17. The van der Waals surface area contributed by atoms with E-state index in [1.807, 2.05) is 12.3 Å². The summed E-state index contributed by atoms with van der Waals surface area (Å²) in [5, 5.41) is 3.98. The molecule has 0 spiro atoms. The normalized spacial score (nSPS) is 34.9. The molecule has 2 nitrogen and oxygen atoms in total. The lowest BCUT2D eigenvalue weighted by Gasteiger charge is -2.57. The van der Waals surface area contributed by atoms with Crippen molar-refractivity contribution in [1.29, 1.82) is 0 Å². The van der Waals surface area contributed by atoms with Crippen molar-refractivity contribution >= 4 is 0 Å². The lowest BCUT2D eigenvalue weighted by molar-refractivity contribution is -0.0206. The summed E-state index contributed by atoms with van der Waals surface area (Å²) in [7, 11) is 0. The van der Waals surface area contributed by atoms with Gasteiger partial charge in [0.2, 0.25) is 0 Å². The third-order valence-electron chi connectivity index (χ3n) is 6.51. The van der Waals surface area contributed by atoms with Crippen molar-refractivity contribution in [3.05, 3.63) is 48.4 Å². The molecule has 1 aromatic heterocycles. The number of hydrogen-bond acceptors (Lipinski definition) is 2. The van der Waals surface area contributed by atoms with Crippen molar-refractivity contribution in [2.75, 3.05) is 0 Å². The quantitative estimate of drug-likeness (QED) is 0.859. The van der Waals surface area contributed by atoms with Gasteiger partial charge in [-0.15, -0.1) is 0 Å². The predicted molar refractivity (Wildman–Crippen MR) is 91.9 cm³/mol. The van der Waals surface area contributed by atoms with Crippen molar-refractivity contribution in [1.82, 2.24) is 5.32 Å². The Labute approximate surface area is 138 Å². The van der Waals surface area contributed by atoms with E-state index in [1.54, 1.807) is 6.26 Å². The summed E-state index contributed by atoms with van der Waals surface area (Å²) in [6.07, 6.45) is 12.4. The number of nitrogens with one attached hydrogen (secondary N) is 1. The van der Waals surface area contributed by atoms with Crippen LogP contribution in [0.2, 0.25) is 0 Å². The molecule has 4 bridgehead atoms. The molecule has 4 fully saturated rings. The first-order chi connectivity index (χ1) is 11.3. The van der Waals surface area contributed by atoms with E-state index in [1.165, 1.54) is 49.7 Å². The van der Waals surface area contributed by atoms with Crippen molar-refractivity contribution in [3.8, 4) is 11.1 Å². The van der Waals surface area contributed by atoms with Crippen LogP contribution in [0.4, 0.5) is 0 Å². The van der Waals surface area contributed by atoms with Gasteiger partial charge in [-0.2, -0.15) is 0 Å². The second kappa shape index (κ2) is 5.24. The summed E-state index contributed by atoms with van der Waals surface area (Å²) in [5.41, 5.74) is 4.24. The van der Waals surface area contributed by atoms with Gasteiger partial charge in [0.05, 0.1) is 12.5 Å². The summed E-state index contributed by atoms with van der Waals surface area (Å²) in [5.74, 6) is 3.03. The standard InChI is InChI=1S/C21H25NO/c1-3-19(20-5-6-23-14-20)4-2-15(1)13-22-21-10-16-7-17(11-21)9-18(8-16)12-21/h1-6,14,16-18,22H,7-13H2. The molecule has 120 valence electrons. The zero-order valence-electron chi connectivity index (χ0n) is 13.6. The molecular weight excluding hydrogens is 282 g/mol. The Morgan fingerprint density at radius 3 is 2.09 bits per heavy atom. The summed E-state index contributed by atoms with van der Waals surface area (Å²) in [4.78, 5) is 0. The highest BCUT2D eigenvalue weighted by Crippen LogP contribution is 2.55. The van der Waals surface area contributed by atoms with Crippen molar-refractivity contribution in [2.24, 2.45) is 17.8 Å². The number of hydrogen-bond donors (Lipinski definition) is 1. The molecule has 1 aromatic carbocycles. The fourth-order valence-electron chi connectivity index (χ4n) is 5.86. The molecule has 2 aromatic rings. The molecule has 1 heterocycles. The minimum absolute atomic E-state index is 0.456. The van der Waals surface area contributed by atoms with Crippen LogP contribution in [0.25, 0.3) is 11.1 Å². The van der Waals surface area contributed by atoms with Gasteiger partial charge in [-0.25, -0.2) is 0 Å². The Morgan fingerprint density at radius 2 is 1.52 bits per heavy atom. The fraction of sp³-hybridized carbons (Fsp3) is 0.524. The molecule has 0 radical (unpaired) electrons. The lowest BCUT2D eigenvalue weighted by Crippen LogP contribution is -2.58. The SMILES string of the molecule is c1cc(-c2ccc(CNC34CC5CC(CC(C5)C3)C4)cc2)co1. The van der Waals surface area contributed by atoms with Gasteiger partial charge in [-0.05, 0) is 73.5 Å². The highest BCUT2D eigenvalue weighted by Gasteiger charge is 2.50. The van der Waals surface area contributed by atoms with Gasteiger partial charge < -0.3 is 9.73 Å². The van der Waals surface area contributed by atoms with Crippen LogP contribution in [0.3, 0.4) is 0 Å². The average molecular weight is 307 g/mol. The fourth-order valence-corrected chi connectivity index (χ4v) is 5.86. The number of rotatable bonds is 4. The Morgan fingerprint density at radius 1 is 0.870 bits per heavy atom. The smallest absolute Gasteiger partial charge is 0.0980 e. The van der Waals surface area contributed by atoms with Gasteiger partial charge >= 0.3 is 0 Å². The molecule has 0 aliphatic heterocycles. The first kappa shape index (κ1) is 13.9. The highest BCUT2D eigenvalue weighted by molar-refractivity contribution is 5.62. The van der Waals surface area contributed by atoms with E-state index >= 15 is 0 Å². The van der Waals surface area contributed by atoms with Crippen LogP contribution in [0.15, 0.2) is 47.3 Å². The van der Waals surface area contributed by atoms with E-state index in [0.29, 0.717) is 5.54 Å². The Kier molecular flexibility index (Phi) is 3.16. The molecule has 2 heteroatoms. The van der Waals surface area contributed by atoms with Gasteiger partial charge in [0.25, 0.3) is 0 Å². The summed E-state index contributed by atoms with van der Waals surface area (Å²) in [6.45, 7) is 1.01. The predicted octanol–water partition coefficient (Wildman–Crippen LogP) is 5.01. The van der Waals surface area contributed by atoms with Gasteiger partial charge in [-0.3, -0.25) is 0 Å². The third kappa shape index (κ3) is 2.53. The van der Waals surface area contributed by atoms with Gasteiger partial charge in [0.1, 0.15) is 0 Å². The second-order valence-electron chi connectivity index (χ2n) is 8.26. The van der Waals surface area contributed by atoms with E-state index in [2.05, 4.69) is 29.6 Å². The van der Waals surface area contributed by atoms with Crippen LogP contribution in [-0.2, 0) is 6.54 Å². The molecule has 0 amide bonds. The molecule has 1 N–H and O–H groups in total. The van der Waals surface area contributed by atoms with E-state index in [9.17, 15) is 0 Å². The Hall–Kier alpha value is -1.54. The topological polar surface area (TPSA) is 25.2 Å². The summed E-state index contributed by atoms with van der Waals surface area (Å²) in [6, 6.07) is 11.0. The molecule has 0 unspecified atom stereocenters. The third-order valence-corrected chi connectivity index (χ3v) is 6.51. The summed E-state index contributed by atoms with van der Waals surface area (Å²) >= 11 is 0. The molecular formula is C21H25NO. The lowest BCUT2D eigenvalue weighted by atomic mass is 9.53. The van der Waals surface area contributed by atoms with Crippen LogP contribution in [0, 0.1) is 17.8 Å².